The number of primary sulfonamides is 1. The van der Waals surface area contributed by atoms with Gasteiger partial charge in [-0.3, -0.25) is 4.79 Å². The molecule has 5 nitrogen and oxygen atoms in total. The van der Waals surface area contributed by atoms with Gasteiger partial charge in [-0.05, 0) is 30.5 Å². The van der Waals surface area contributed by atoms with Crippen LogP contribution >= 0.6 is 0 Å². The van der Waals surface area contributed by atoms with Crippen LogP contribution in [0.1, 0.15) is 43.5 Å². The Morgan fingerprint density at radius 3 is 2.52 bits per heavy atom. The second-order valence-corrected chi connectivity index (χ2v) is 6.93. The fourth-order valence-corrected chi connectivity index (χ4v) is 2.41. The van der Waals surface area contributed by atoms with E-state index in [4.69, 9.17) is 5.14 Å². The van der Waals surface area contributed by atoms with E-state index >= 15 is 0 Å². The zero-order valence-corrected chi connectivity index (χ0v) is 13.0. The Balaban J connectivity index is 2.64. The molecule has 0 heterocycles. The lowest BCUT2D eigenvalue weighted by atomic mass is 10.1. The molecule has 0 unspecified atom stereocenters. The van der Waals surface area contributed by atoms with Crippen LogP contribution in [0.3, 0.4) is 0 Å². The van der Waals surface area contributed by atoms with E-state index in [1.165, 1.54) is 0 Å². The van der Waals surface area contributed by atoms with E-state index in [1.807, 2.05) is 0 Å². The molecule has 0 bridgehead atoms. The van der Waals surface area contributed by atoms with Crippen molar-refractivity contribution in [3.05, 3.63) is 29.6 Å². The molecule has 21 heavy (non-hydrogen) atoms. The number of nitrogens with one attached hydrogen (secondary N) is 1. The van der Waals surface area contributed by atoms with E-state index in [-0.39, 0.29) is 5.56 Å². The molecule has 0 saturated carbocycles. The van der Waals surface area contributed by atoms with Crippen LogP contribution in [0.15, 0.2) is 23.1 Å². The molecule has 0 aliphatic carbocycles. The summed E-state index contributed by atoms with van der Waals surface area (Å²) in [6.07, 6.45) is 2.89. The van der Waals surface area contributed by atoms with Gasteiger partial charge in [0.05, 0.1) is 4.90 Å². The summed E-state index contributed by atoms with van der Waals surface area (Å²) >= 11 is 0. The summed E-state index contributed by atoms with van der Waals surface area (Å²) in [6, 6.07) is 2.84. The lowest BCUT2D eigenvalue weighted by molar-refractivity contribution is 0.0952. The molecule has 0 aliphatic rings. The van der Waals surface area contributed by atoms with Gasteiger partial charge in [0.25, 0.3) is 5.91 Å². The number of hydrogen-bond acceptors (Lipinski definition) is 3. The molecule has 1 amide bonds. The lowest BCUT2D eigenvalue weighted by Crippen LogP contribution is -2.25. The standard InChI is InChI=1S/C14H21FN2O3S/c1-10(2)5-3-4-6-17-14(18)11-7-12(15)9-13(8-11)21(16,19)20/h7-10H,3-6H2,1-2H3,(H,17,18)(H2,16,19,20). The maximum absolute atomic E-state index is 13.4. The molecular weight excluding hydrogens is 295 g/mol. The Labute approximate surface area is 124 Å². The molecule has 7 heteroatoms. The molecule has 0 radical (unpaired) electrons. The highest BCUT2D eigenvalue weighted by atomic mass is 32.2. The van der Waals surface area contributed by atoms with Crippen molar-refractivity contribution in [1.29, 1.82) is 0 Å². The average Bonchev–Trinajstić information content (AvgIpc) is 2.36. The Morgan fingerprint density at radius 2 is 1.95 bits per heavy atom. The molecule has 0 aromatic heterocycles. The number of carbonyl (C=O) groups excluding carboxylic acids is 1. The van der Waals surface area contributed by atoms with Crippen molar-refractivity contribution in [3.63, 3.8) is 0 Å². The molecule has 0 fully saturated rings. The first-order chi connectivity index (χ1) is 9.70. The minimum absolute atomic E-state index is 0.0529. The number of amides is 1. The highest BCUT2D eigenvalue weighted by Crippen LogP contribution is 2.13. The maximum atomic E-state index is 13.4. The first-order valence-corrected chi connectivity index (χ1v) is 8.36. The van der Waals surface area contributed by atoms with Crippen LogP contribution in [0, 0.1) is 11.7 Å². The fourth-order valence-electron chi connectivity index (χ4n) is 1.84. The number of sulfonamides is 1. The third-order valence-electron chi connectivity index (χ3n) is 2.96. The van der Waals surface area contributed by atoms with Crippen molar-refractivity contribution in [3.8, 4) is 0 Å². The molecule has 118 valence electrons. The highest BCUT2D eigenvalue weighted by molar-refractivity contribution is 7.89. The fraction of sp³-hybridized carbons (Fsp3) is 0.500. The molecule has 1 aromatic rings. The van der Waals surface area contributed by atoms with Crippen LogP contribution in [0.5, 0.6) is 0 Å². The summed E-state index contributed by atoms with van der Waals surface area (Å²) in [6.45, 7) is 4.72. The van der Waals surface area contributed by atoms with Crippen molar-refractivity contribution in [2.75, 3.05) is 6.54 Å². The van der Waals surface area contributed by atoms with Gasteiger partial charge < -0.3 is 5.32 Å². The predicted molar refractivity (Wildman–Crippen MR) is 78.8 cm³/mol. The van der Waals surface area contributed by atoms with Crippen LogP contribution in [0.25, 0.3) is 0 Å². The quantitative estimate of drug-likeness (QED) is 0.754. The van der Waals surface area contributed by atoms with Crippen molar-refractivity contribution >= 4 is 15.9 Å². The van der Waals surface area contributed by atoms with Crippen LogP contribution in [-0.2, 0) is 10.0 Å². The number of halogens is 1. The number of nitrogens with two attached hydrogens (primary N) is 1. The zero-order valence-electron chi connectivity index (χ0n) is 12.2. The van der Waals surface area contributed by atoms with Gasteiger partial charge in [-0.1, -0.05) is 26.7 Å². The molecular formula is C14H21FN2O3S. The monoisotopic (exact) mass is 316 g/mol. The van der Waals surface area contributed by atoms with Gasteiger partial charge in [-0.2, -0.15) is 0 Å². The number of benzene rings is 1. The van der Waals surface area contributed by atoms with E-state index in [0.717, 1.165) is 37.5 Å². The Bertz CT molecular complexity index is 600. The number of hydrogen-bond donors (Lipinski definition) is 2. The average molecular weight is 316 g/mol. The van der Waals surface area contributed by atoms with E-state index in [9.17, 15) is 17.6 Å². The molecule has 0 atom stereocenters. The Kier molecular flexibility index (Phi) is 6.29. The summed E-state index contributed by atoms with van der Waals surface area (Å²) in [5.74, 6) is -0.711. The molecule has 0 spiro atoms. The van der Waals surface area contributed by atoms with Gasteiger partial charge >= 0.3 is 0 Å². The summed E-state index contributed by atoms with van der Waals surface area (Å²) in [5, 5.41) is 7.57. The molecule has 1 aromatic carbocycles. The second-order valence-electron chi connectivity index (χ2n) is 5.37. The van der Waals surface area contributed by atoms with Crippen LogP contribution in [-0.4, -0.2) is 20.9 Å². The summed E-state index contributed by atoms with van der Waals surface area (Å²) < 4.78 is 35.8. The highest BCUT2D eigenvalue weighted by Gasteiger charge is 2.14. The van der Waals surface area contributed by atoms with Crippen LogP contribution in [0.2, 0.25) is 0 Å². The van der Waals surface area contributed by atoms with Gasteiger partial charge in [0.15, 0.2) is 0 Å². The summed E-state index contributed by atoms with van der Waals surface area (Å²) in [4.78, 5) is 11.4. The zero-order chi connectivity index (χ0) is 16.0. The predicted octanol–water partition coefficient (Wildman–Crippen LogP) is 2.03. The van der Waals surface area contributed by atoms with Gasteiger partial charge in [-0.25, -0.2) is 17.9 Å². The van der Waals surface area contributed by atoms with Crippen molar-refractivity contribution in [1.82, 2.24) is 5.32 Å². The van der Waals surface area contributed by atoms with E-state index < -0.39 is 26.6 Å². The first kappa shape index (κ1) is 17.6. The molecule has 0 saturated heterocycles. The van der Waals surface area contributed by atoms with Crippen LogP contribution < -0.4 is 10.5 Å². The number of rotatable bonds is 7. The third kappa shape index (κ3) is 6.22. The van der Waals surface area contributed by atoms with Crippen molar-refractivity contribution < 1.29 is 17.6 Å². The normalized spacial score (nSPS) is 11.7. The topological polar surface area (TPSA) is 89.3 Å². The van der Waals surface area contributed by atoms with Crippen molar-refractivity contribution in [2.45, 2.75) is 38.0 Å². The van der Waals surface area contributed by atoms with Gasteiger partial charge in [0.2, 0.25) is 10.0 Å². The molecule has 1 rings (SSSR count). The molecule has 3 N–H and O–H groups in total. The minimum atomic E-state index is -4.04. The Morgan fingerprint density at radius 1 is 1.29 bits per heavy atom. The van der Waals surface area contributed by atoms with Gasteiger partial charge in [0, 0.05) is 12.1 Å². The van der Waals surface area contributed by atoms with E-state index in [2.05, 4.69) is 19.2 Å². The lowest BCUT2D eigenvalue weighted by Gasteiger charge is -2.08. The summed E-state index contributed by atoms with van der Waals surface area (Å²) in [7, 11) is -4.04. The van der Waals surface area contributed by atoms with E-state index in [1.54, 1.807) is 0 Å². The van der Waals surface area contributed by atoms with Crippen LogP contribution in [0.4, 0.5) is 4.39 Å². The third-order valence-corrected chi connectivity index (χ3v) is 3.85. The number of carbonyl (C=O) groups is 1. The van der Waals surface area contributed by atoms with E-state index in [0.29, 0.717) is 12.5 Å². The largest absolute Gasteiger partial charge is 0.352 e. The van der Waals surface area contributed by atoms with Crippen molar-refractivity contribution in [2.24, 2.45) is 11.1 Å². The second kappa shape index (κ2) is 7.51. The first-order valence-electron chi connectivity index (χ1n) is 6.81. The van der Waals surface area contributed by atoms with Gasteiger partial charge in [-0.15, -0.1) is 0 Å². The maximum Gasteiger partial charge on any atom is 0.251 e. The Hall–Kier alpha value is -1.47. The van der Waals surface area contributed by atoms with Gasteiger partial charge in [0.1, 0.15) is 5.82 Å². The summed E-state index contributed by atoms with van der Waals surface area (Å²) in [5.41, 5.74) is -0.0529. The SMILES string of the molecule is CC(C)CCCCNC(=O)c1cc(F)cc(S(N)(=O)=O)c1. The minimum Gasteiger partial charge on any atom is -0.352 e. The smallest absolute Gasteiger partial charge is 0.251 e. The number of unbranched alkanes of at least 4 members (excludes halogenated alkanes) is 1. The molecule has 0 aliphatic heterocycles.